The fourth-order valence-electron chi connectivity index (χ4n) is 2.46. The molecule has 1 heterocycles. The van der Waals surface area contributed by atoms with Crippen molar-refractivity contribution in [3.05, 3.63) is 60.2 Å². The van der Waals surface area contributed by atoms with Crippen LogP contribution >= 0.6 is 10.5 Å². The molecule has 0 spiro atoms. The third kappa shape index (κ3) is 5.49. The number of halogens is 6. The third-order valence-corrected chi connectivity index (χ3v) is 6.44. The SMILES string of the molecule is CCc1ccc(-c2cc3ccccc3[s+]2C(F)(F)F)cc1.O=S(=O)([O-])C(F)(F)F. The van der Waals surface area contributed by atoms with Gasteiger partial charge in [0.1, 0.15) is 10.5 Å². The Morgan fingerprint density at radius 2 is 1.45 bits per heavy atom. The highest BCUT2D eigenvalue weighted by molar-refractivity contribution is 7.86. The maximum Gasteiger partial charge on any atom is 0.601 e. The van der Waals surface area contributed by atoms with Crippen LogP contribution < -0.4 is 0 Å². The molecule has 0 amide bonds. The van der Waals surface area contributed by atoms with E-state index in [1.54, 1.807) is 42.5 Å². The molecule has 0 aliphatic heterocycles. The van der Waals surface area contributed by atoms with Gasteiger partial charge in [0.25, 0.3) is 0 Å². The second-order valence-corrected chi connectivity index (χ2v) is 9.07. The Hall–Kier alpha value is -2.11. The summed E-state index contributed by atoms with van der Waals surface area (Å²) in [7, 11) is -7.95. The van der Waals surface area contributed by atoms with E-state index in [0.717, 1.165) is 12.0 Å². The molecule has 1 aromatic heterocycles. The van der Waals surface area contributed by atoms with Crippen molar-refractivity contribution in [3.8, 4) is 10.4 Å². The van der Waals surface area contributed by atoms with E-state index in [1.165, 1.54) is 0 Å². The minimum atomic E-state index is -6.09. The average molecular weight is 456 g/mol. The average Bonchev–Trinajstić information content (AvgIpc) is 3.00. The van der Waals surface area contributed by atoms with Crippen LogP contribution in [0.2, 0.25) is 0 Å². The lowest BCUT2D eigenvalue weighted by atomic mass is 10.1. The van der Waals surface area contributed by atoms with Crippen molar-refractivity contribution >= 4 is 30.7 Å². The van der Waals surface area contributed by atoms with Gasteiger partial charge >= 0.3 is 11.0 Å². The van der Waals surface area contributed by atoms with Gasteiger partial charge in [-0.25, -0.2) is 8.42 Å². The first-order chi connectivity index (χ1) is 13.3. The predicted octanol–water partition coefficient (Wildman–Crippen LogP) is 6.35. The molecule has 0 radical (unpaired) electrons. The summed E-state index contributed by atoms with van der Waals surface area (Å²) >= 11 is 0. The molecular weight excluding hydrogens is 442 g/mol. The highest BCUT2D eigenvalue weighted by atomic mass is 32.2. The molecule has 1 atom stereocenters. The number of alkyl halides is 6. The van der Waals surface area contributed by atoms with Gasteiger partial charge in [0, 0.05) is 17.0 Å². The number of rotatable bonds is 2. The Balaban J connectivity index is 0.000000321. The predicted molar refractivity (Wildman–Crippen MR) is 98.3 cm³/mol. The van der Waals surface area contributed by atoms with E-state index in [-0.39, 0.29) is 0 Å². The van der Waals surface area contributed by atoms with Crippen LogP contribution in [0.3, 0.4) is 0 Å². The smallest absolute Gasteiger partial charge is 0.601 e. The van der Waals surface area contributed by atoms with Gasteiger partial charge in [-0.1, -0.05) is 31.2 Å². The third-order valence-electron chi connectivity index (χ3n) is 3.81. The Labute approximate surface area is 165 Å². The molecule has 0 bridgehead atoms. The van der Waals surface area contributed by atoms with Crippen molar-refractivity contribution in [2.75, 3.05) is 0 Å². The topological polar surface area (TPSA) is 57.2 Å². The highest BCUT2D eigenvalue weighted by Gasteiger charge is 2.48. The minimum Gasteiger partial charge on any atom is -0.741 e. The van der Waals surface area contributed by atoms with Crippen molar-refractivity contribution in [1.82, 2.24) is 0 Å². The second kappa shape index (κ2) is 8.33. The molecule has 0 saturated heterocycles. The van der Waals surface area contributed by atoms with Gasteiger partial charge < -0.3 is 4.55 Å². The second-order valence-electron chi connectivity index (χ2n) is 5.75. The van der Waals surface area contributed by atoms with Gasteiger partial charge in [-0.3, -0.25) is 0 Å². The van der Waals surface area contributed by atoms with Crippen molar-refractivity contribution in [2.45, 2.75) is 24.4 Å². The molecule has 0 aliphatic rings. The van der Waals surface area contributed by atoms with Gasteiger partial charge in [0.05, 0.1) is 0 Å². The summed E-state index contributed by atoms with van der Waals surface area (Å²) in [5.41, 5.74) is -8.11. The number of hydrogen-bond acceptors (Lipinski definition) is 3. The molecule has 0 aliphatic carbocycles. The molecule has 0 fully saturated rings. The molecule has 3 aromatic rings. The standard InChI is InChI=1S/C17H14F3S.CHF3O3S/c1-2-12-7-9-13(10-8-12)16-11-14-5-3-4-6-15(14)21(16)17(18,19)20;2-1(3,4)8(5,6)7/h3-11H,2H2,1H3;(H,5,6,7)/q+1;/p-1. The first-order valence-corrected chi connectivity index (χ1v) is 10.6. The van der Waals surface area contributed by atoms with E-state index in [1.807, 2.05) is 19.1 Å². The molecule has 1 unspecified atom stereocenters. The number of thiophene rings is 1. The van der Waals surface area contributed by atoms with Crippen LogP contribution in [0, 0.1) is 0 Å². The summed E-state index contributed by atoms with van der Waals surface area (Å²) in [5, 5.41) is 0.674. The van der Waals surface area contributed by atoms with Crippen molar-refractivity contribution in [1.29, 1.82) is 0 Å². The molecule has 2 aromatic carbocycles. The maximum atomic E-state index is 13.5. The fourth-order valence-corrected chi connectivity index (χ4v) is 4.39. The number of fused-ring (bicyclic) bond motifs is 1. The lowest BCUT2D eigenvalue weighted by molar-refractivity contribution is -0.0864. The number of aryl methyl sites for hydroxylation is 1. The molecule has 158 valence electrons. The maximum absolute atomic E-state index is 13.5. The molecule has 3 rings (SSSR count). The first kappa shape index (κ1) is 23.2. The molecule has 0 saturated carbocycles. The van der Waals surface area contributed by atoms with Crippen LogP contribution in [0.25, 0.3) is 20.5 Å². The van der Waals surface area contributed by atoms with E-state index >= 15 is 0 Å². The highest BCUT2D eigenvalue weighted by Crippen LogP contribution is 2.54. The fraction of sp³-hybridized carbons (Fsp3) is 0.222. The lowest BCUT2D eigenvalue weighted by Crippen LogP contribution is -2.21. The van der Waals surface area contributed by atoms with Gasteiger partial charge in [-0.15, -0.1) is 13.2 Å². The molecular formula is C18H14F6O3S2. The largest absolute Gasteiger partial charge is 0.741 e. The van der Waals surface area contributed by atoms with Crippen LogP contribution in [0.1, 0.15) is 12.5 Å². The van der Waals surface area contributed by atoms with E-state index in [2.05, 4.69) is 0 Å². The Morgan fingerprint density at radius 3 is 1.90 bits per heavy atom. The van der Waals surface area contributed by atoms with E-state index < -0.39 is 31.6 Å². The molecule has 3 nitrogen and oxygen atoms in total. The van der Waals surface area contributed by atoms with E-state index in [0.29, 0.717) is 20.5 Å². The zero-order valence-corrected chi connectivity index (χ0v) is 16.3. The van der Waals surface area contributed by atoms with Crippen LogP contribution in [-0.2, 0) is 22.0 Å². The van der Waals surface area contributed by atoms with Gasteiger partial charge in [0.2, 0.25) is 0 Å². The van der Waals surface area contributed by atoms with Crippen molar-refractivity contribution < 1.29 is 39.3 Å². The van der Waals surface area contributed by atoms with Crippen LogP contribution in [0.4, 0.5) is 26.3 Å². The normalized spacial score (nSPS) is 13.2. The lowest BCUT2D eigenvalue weighted by Gasteiger charge is -2.08. The number of hydrogen-bond donors (Lipinski definition) is 0. The molecule has 29 heavy (non-hydrogen) atoms. The quantitative estimate of drug-likeness (QED) is 0.196. The van der Waals surface area contributed by atoms with E-state index in [4.69, 9.17) is 13.0 Å². The number of benzene rings is 2. The monoisotopic (exact) mass is 456 g/mol. The summed E-state index contributed by atoms with van der Waals surface area (Å²) in [6.45, 7) is 2.03. The summed E-state index contributed by atoms with van der Waals surface area (Å²) < 4.78 is 99.8. The molecule has 11 heteroatoms. The Bertz CT molecular complexity index is 1080. The van der Waals surface area contributed by atoms with Crippen molar-refractivity contribution in [2.24, 2.45) is 0 Å². The Kier molecular flexibility index (Phi) is 6.65. The van der Waals surface area contributed by atoms with E-state index in [9.17, 15) is 26.3 Å². The zero-order chi connectivity index (χ0) is 22.0. The van der Waals surface area contributed by atoms with Crippen molar-refractivity contribution in [3.63, 3.8) is 0 Å². The van der Waals surface area contributed by atoms with Crippen LogP contribution in [0.15, 0.2) is 54.6 Å². The summed E-state index contributed by atoms with van der Waals surface area (Å²) in [6, 6.07) is 15.8. The molecule has 0 N–H and O–H groups in total. The van der Waals surface area contributed by atoms with Crippen LogP contribution in [-0.4, -0.2) is 18.5 Å². The first-order valence-electron chi connectivity index (χ1n) is 7.99. The van der Waals surface area contributed by atoms with Gasteiger partial charge in [-0.05, 0) is 36.2 Å². The zero-order valence-electron chi connectivity index (χ0n) is 14.7. The minimum absolute atomic E-state index is 0.367. The summed E-state index contributed by atoms with van der Waals surface area (Å²) in [5.74, 6) is 0. The van der Waals surface area contributed by atoms with Gasteiger partial charge in [-0.2, -0.15) is 13.2 Å². The van der Waals surface area contributed by atoms with Crippen LogP contribution in [0.5, 0.6) is 0 Å². The Morgan fingerprint density at radius 1 is 0.931 bits per heavy atom. The van der Waals surface area contributed by atoms with Gasteiger partial charge in [0.15, 0.2) is 19.7 Å². The summed E-state index contributed by atoms with van der Waals surface area (Å²) in [4.78, 5) is 0.367. The summed E-state index contributed by atoms with van der Waals surface area (Å²) in [6.07, 6.45) is 0.880.